The zero-order chi connectivity index (χ0) is 23.2. The van der Waals surface area contributed by atoms with Crippen LogP contribution in [0.25, 0.3) is 33.3 Å². The van der Waals surface area contributed by atoms with Crippen LogP contribution >= 0.6 is 0 Å². The Bertz CT molecular complexity index is 1290. The Morgan fingerprint density at radius 3 is 2.52 bits per heavy atom. The Hall–Kier alpha value is -3.35. The average Bonchev–Trinajstić information content (AvgIpc) is 3.34. The van der Waals surface area contributed by atoms with Crippen LogP contribution < -0.4 is 0 Å². The van der Waals surface area contributed by atoms with Crippen LogP contribution in [0.2, 0.25) is 0 Å². The number of aromatic nitrogens is 3. The number of carbonyl (C=O) groups is 1. The smallest absolute Gasteiger partial charge is 0.248 e. The van der Waals surface area contributed by atoms with Gasteiger partial charge in [0.2, 0.25) is 5.92 Å². The molecule has 0 saturated heterocycles. The van der Waals surface area contributed by atoms with Crippen molar-refractivity contribution in [3.05, 3.63) is 59.7 Å². The molecule has 0 unspecified atom stereocenters. The molecule has 3 heterocycles. The first-order chi connectivity index (χ1) is 15.8. The van der Waals surface area contributed by atoms with E-state index in [-0.39, 0.29) is 18.8 Å². The summed E-state index contributed by atoms with van der Waals surface area (Å²) in [5, 5.41) is 4.06. The Balaban J connectivity index is 1.59. The van der Waals surface area contributed by atoms with E-state index >= 15 is 0 Å². The highest BCUT2D eigenvalue weighted by Crippen LogP contribution is 2.39. The number of nitrogens with zero attached hydrogens (tertiary/aromatic N) is 3. The number of fused-ring (bicyclic) bond motifs is 1. The highest BCUT2D eigenvalue weighted by atomic mass is 19.3. The largest absolute Gasteiger partial charge is 0.361 e. The van der Waals surface area contributed by atoms with Crippen LogP contribution in [0, 0.1) is 19.8 Å². The molecule has 7 heteroatoms. The Morgan fingerprint density at radius 2 is 1.88 bits per heavy atom. The Morgan fingerprint density at radius 1 is 1.15 bits per heavy atom. The lowest BCUT2D eigenvalue weighted by molar-refractivity contribution is -0.0472. The van der Waals surface area contributed by atoms with Gasteiger partial charge >= 0.3 is 0 Å². The molecule has 1 fully saturated rings. The SMILES string of the molecule is Cc1noc(C)c1-c1cnc2c(-c3ccc(C=O)cc3)cn(CC3CCC(F)(F)CC3)c2c1. The summed E-state index contributed by atoms with van der Waals surface area (Å²) in [6.45, 7) is 4.43. The highest BCUT2D eigenvalue weighted by Gasteiger charge is 2.35. The topological polar surface area (TPSA) is 60.9 Å². The molecular weight excluding hydrogens is 424 g/mol. The van der Waals surface area contributed by atoms with Crippen LogP contribution in [0.4, 0.5) is 8.78 Å². The molecule has 33 heavy (non-hydrogen) atoms. The molecule has 0 radical (unpaired) electrons. The maximum absolute atomic E-state index is 13.7. The van der Waals surface area contributed by atoms with Gasteiger partial charge in [-0.15, -0.1) is 0 Å². The second-order valence-corrected chi connectivity index (χ2v) is 9.03. The van der Waals surface area contributed by atoms with Crippen molar-refractivity contribution in [2.24, 2.45) is 5.92 Å². The van der Waals surface area contributed by atoms with Gasteiger partial charge in [-0.2, -0.15) is 0 Å². The van der Waals surface area contributed by atoms with Crippen molar-refractivity contribution in [3.8, 4) is 22.3 Å². The second-order valence-electron chi connectivity index (χ2n) is 9.03. The summed E-state index contributed by atoms with van der Waals surface area (Å²) in [7, 11) is 0. The third-order valence-electron chi connectivity index (χ3n) is 6.69. The van der Waals surface area contributed by atoms with Crippen molar-refractivity contribution < 1.29 is 18.1 Å². The van der Waals surface area contributed by atoms with Crippen LogP contribution in [0.15, 0.2) is 47.2 Å². The van der Waals surface area contributed by atoms with Crippen LogP contribution in [-0.4, -0.2) is 26.9 Å². The van der Waals surface area contributed by atoms with Gasteiger partial charge in [0.1, 0.15) is 12.0 Å². The summed E-state index contributed by atoms with van der Waals surface area (Å²) in [5.41, 5.74) is 6.93. The van der Waals surface area contributed by atoms with Crippen molar-refractivity contribution in [3.63, 3.8) is 0 Å². The molecule has 5 nitrogen and oxygen atoms in total. The van der Waals surface area contributed by atoms with Crippen molar-refractivity contribution >= 4 is 17.3 Å². The molecule has 1 aliphatic rings. The van der Waals surface area contributed by atoms with E-state index in [4.69, 9.17) is 9.51 Å². The molecule has 0 N–H and O–H groups in total. The third kappa shape index (κ3) is 4.08. The zero-order valence-corrected chi connectivity index (χ0v) is 18.6. The number of halogens is 2. The number of carbonyl (C=O) groups excluding carboxylic acids is 1. The van der Waals surface area contributed by atoms with E-state index in [9.17, 15) is 13.6 Å². The van der Waals surface area contributed by atoms with E-state index in [0.29, 0.717) is 24.9 Å². The maximum atomic E-state index is 13.7. The lowest BCUT2D eigenvalue weighted by Gasteiger charge is -2.28. The van der Waals surface area contributed by atoms with Gasteiger partial charge in [-0.1, -0.05) is 29.4 Å². The maximum Gasteiger partial charge on any atom is 0.248 e. The van der Waals surface area contributed by atoms with Gasteiger partial charge in [-0.05, 0) is 44.2 Å². The van der Waals surface area contributed by atoms with Crippen molar-refractivity contribution in [1.29, 1.82) is 0 Å². The predicted molar refractivity (Wildman–Crippen MR) is 122 cm³/mol. The van der Waals surface area contributed by atoms with Gasteiger partial charge in [-0.3, -0.25) is 9.78 Å². The number of aryl methyl sites for hydroxylation is 2. The molecule has 1 aromatic carbocycles. The Kier molecular flexibility index (Phi) is 5.35. The van der Waals surface area contributed by atoms with Crippen molar-refractivity contribution in [1.82, 2.24) is 14.7 Å². The molecule has 4 aromatic rings. The molecule has 0 spiro atoms. The summed E-state index contributed by atoms with van der Waals surface area (Å²) < 4.78 is 34.9. The minimum absolute atomic E-state index is 0.0561. The minimum Gasteiger partial charge on any atom is -0.361 e. The minimum atomic E-state index is -2.54. The van der Waals surface area contributed by atoms with Crippen LogP contribution in [-0.2, 0) is 6.54 Å². The monoisotopic (exact) mass is 449 g/mol. The Labute approximate surface area is 190 Å². The fourth-order valence-corrected chi connectivity index (χ4v) is 4.86. The first-order valence-electron chi connectivity index (χ1n) is 11.2. The highest BCUT2D eigenvalue weighted by molar-refractivity contribution is 5.95. The van der Waals surface area contributed by atoms with E-state index in [0.717, 1.165) is 51.0 Å². The van der Waals surface area contributed by atoms with Crippen LogP contribution in [0.3, 0.4) is 0 Å². The first kappa shape index (κ1) is 21.5. The molecule has 0 aliphatic heterocycles. The zero-order valence-electron chi connectivity index (χ0n) is 18.6. The van der Waals surface area contributed by atoms with Crippen molar-refractivity contribution in [2.45, 2.75) is 52.0 Å². The summed E-state index contributed by atoms with van der Waals surface area (Å²) in [6.07, 6.45) is 5.60. The van der Waals surface area contributed by atoms with Crippen LogP contribution in [0.1, 0.15) is 47.5 Å². The molecule has 5 rings (SSSR count). The van der Waals surface area contributed by atoms with E-state index in [1.165, 1.54) is 0 Å². The number of hydrogen-bond acceptors (Lipinski definition) is 4. The van der Waals surface area contributed by atoms with Gasteiger partial charge in [-0.25, -0.2) is 8.78 Å². The lowest BCUT2D eigenvalue weighted by Crippen LogP contribution is -2.26. The summed E-state index contributed by atoms with van der Waals surface area (Å²) in [6, 6.07) is 9.47. The van der Waals surface area contributed by atoms with E-state index < -0.39 is 5.92 Å². The molecule has 1 saturated carbocycles. The molecule has 170 valence electrons. The average molecular weight is 450 g/mol. The van der Waals surface area contributed by atoms with E-state index in [2.05, 4.69) is 22.0 Å². The first-order valence-corrected chi connectivity index (χ1v) is 11.2. The quantitative estimate of drug-likeness (QED) is 0.322. The fourth-order valence-electron chi connectivity index (χ4n) is 4.86. The van der Waals surface area contributed by atoms with Crippen LogP contribution in [0.5, 0.6) is 0 Å². The van der Waals surface area contributed by atoms with E-state index in [1.807, 2.05) is 32.2 Å². The van der Waals surface area contributed by atoms with Crippen molar-refractivity contribution in [2.75, 3.05) is 0 Å². The number of pyridine rings is 1. The number of rotatable bonds is 5. The van der Waals surface area contributed by atoms with Gasteiger partial charge in [0.15, 0.2) is 0 Å². The number of benzene rings is 1. The molecule has 0 bridgehead atoms. The fraction of sp³-hybridized carbons (Fsp3) is 0.346. The number of hydrogen-bond donors (Lipinski definition) is 0. The molecule has 0 amide bonds. The molecular formula is C26H25F2N3O2. The number of aldehydes is 1. The summed E-state index contributed by atoms with van der Waals surface area (Å²) in [5.74, 6) is -1.63. The molecule has 3 aromatic heterocycles. The number of alkyl halides is 2. The standard InChI is InChI=1S/C26H25F2N3O2/c1-16-24(17(2)33-30-16)21-11-23-25(29-12-21)22(20-5-3-19(15-32)4-6-20)14-31(23)13-18-7-9-26(27,28)10-8-18/h3-6,11-12,14-15,18H,7-10,13H2,1-2H3. The van der Waals surface area contributed by atoms with E-state index in [1.54, 1.807) is 12.1 Å². The predicted octanol–water partition coefficient (Wildman–Crippen LogP) is 6.61. The van der Waals surface area contributed by atoms with Gasteiger partial charge in [0.05, 0.1) is 16.7 Å². The lowest BCUT2D eigenvalue weighted by atomic mass is 9.87. The normalized spacial score (nSPS) is 16.4. The van der Waals surface area contributed by atoms with Gasteiger partial charge in [0, 0.05) is 54.0 Å². The molecule has 0 atom stereocenters. The summed E-state index contributed by atoms with van der Waals surface area (Å²) in [4.78, 5) is 15.9. The van der Waals surface area contributed by atoms with Gasteiger partial charge < -0.3 is 9.09 Å². The molecule has 1 aliphatic carbocycles. The van der Waals surface area contributed by atoms with Gasteiger partial charge in [0.25, 0.3) is 0 Å². The summed E-state index contributed by atoms with van der Waals surface area (Å²) >= 11 is 0. The second kappa shape index (κ2) is 8.21. The third-order valence-corrected chi connectivity index (χ3v) is 6.69.